The zero-order valence-electron chi connectivity index (χ0n) is 2.21. The number of rotatable bonds is 0. The van der Waals surface area contributed by atoms with E-state index in [9.17, 15) is 0 Å². The summed E-state index contributed by atoms with van der Waals surface area (Å²) in [5.41, 5.74) is 0. The second kappa shape index (κ2) is 4.86. The van der Waals surface area contributed by atoms with Gasteiger partial charge in [-0.25, -0.2) is 0 Å². The Morgan fingerprint density at radius 1 is 1.40 bits per heavy atom. The van der Waals surface area contributed by atoms with Crippen LogP contribution in [0, 0.1) is 0 Å². The average molecular weight is 212 g/mol. The van der Waals surface area contributed by atoms with Crippen molar-refractivity contribution in [3.05, 3.63) is 0 Å². The van der Waals surface area contributed by atoms with Crippen LogP contribution >= 0.6 is 0 Å². The molecule has 0 aromatic heterocycles. The van der Waals surface area contributed by atoms with Crippen molar-refractivity contribution in [2.24, 2.45) is 0 Å². The van der Waals surface area contributed by atoms with Crippen molar-refractivity contribution in [3.63, 3.8) is 0 Å². The van der Waals surface area contributed by atoms with E-state index in [1.165, 1.54) is 0 Å². The standard InChI is InChI=1S/H2O3S.H2Te/c1-4(2)3;/h(H2,1,2,3);1H2. The van der Waals surface area contributed by atoms with Gasteiger partial charge in [-0.15, -0.1) is 0 Å². The molecule has 0 radical (unpaired) electrons. The van der Waals surface area contributed by atoms with Gasteiger partial charge in [-0.2, -0.15) is 4.21 Å². The molecular formula is H4O3STe. The Hall–Kier alpha value is 0.860. The van der Waals surface area contributed by atoms with E-state index in [4.69, 9.17) is 13.3 Å². The molecule has 2 N–H and O–H groups in total. The first-order chi connectivity index (χ1) is 1.73. The summed E-state index contributed by atoms with van der Waals surface area (Å²) in [6.45, 7) is 0. The van der Waals surface area contributed by atoms with Gasteiger partial charge in [-0.3, -0.25) is 9.11 Å². The van der Waals surface area contributed by atoms with Gasteiger partial charge in [0.25, 0.3) is 11.4 Å². The Balaban J connectivity index is 0. The van der Waals surface area contributed by atoms with Crippen molar-refractivity contribution < 1.29 is 13.3 Å². The summed E-state index contributed by atoms with van der Waals surface area (Å²) in [5, 5.41) is 0. The molecule has 0 saturated carbocycles. The van der Waals surface area contributed by atoms with Crippen molar-refractivity contribution in [1.29, 1.82) is 0 Å². The summed E-state index contributed by atoms with van der Waals surface area (Å²) in [5.74, 6) is 0. The van der Waals surface area contributed by atoms with Crippen LogP contribution in [-0.4, -0.2) is 37.0 Å². The van der Waals surface area contributed by atoms with E-state index in [-0.39, 0.29) is 23.7 Å². The minimum absolute atomic E-state index is 0. The van der Waals surface area contributed by atoms with E-state index in [0.717, 1.165) is 0 Å². The average Bonchev–Trinajstić information content (AvgIpc) is 0.811. The predicted octanol–water partition coefficient (Wildman–Crippen LogP) is -1.24. The normalized spacial score (nSPS) is 7.00. The first-order valence-corrected chi connectivity index (χ1v) is 1.60. The second-order valence-electron chi connectivity index (χ2n) is 0.231. The Bertz CT molecular complexity index is 29.9. The third-order valence-corrected chi connectivity index (χ3v) is 0. The second-order valence-corrected chi connectivity index (χ2v) is 0.692. The molecule has 0 aliphatic heterocycles. The summed E-state index contributed by atoms with van der Waals surface area (Å²) in [4.78, 5) is 0. The van der Waals surface area contributed by atoms with E-state index in [2.05, 4.69) is 0 Å². The van der Waals surface area contributed by atoms with Gasteiger partial charge < -0.3 is 0 Å². The quantitative estimate of drug-likeness (QED) is 0.390. The molecule has 0 fully saturated rings. The van der Waals surface area contributed by atoms with Crippen LogP contribution in [0.1, 0.15) is 0 Å². The Kier molecular flexibility index (Phi) is 9.03. The Morgan fingerprint density at radius 3 is 1.40 bits per heavy atom. The van der Waals surface area contributed by atoms with Crippen LogP contribution in [0.15, 0.2) is 0 Å². The Labute approximate surface area is 48.6 Å². The zero-order valence-corrected chi connectivity index (χ0v) is 5.88. The number of hydrogen-bond donors (Lipinski definition) is 2. The fourth-order valence-corrected chi connectivity index (χ4v) is 0. The molecular weight excluding hydrogens is 208 g/mol. The van der Waals surface area contributed by atoms with Crippen LogP contribution in [0.5, 0.6) is 0 Å². The van der Waals surface area contributed by atoms with Gasteiger partial charge in [0.05, 0.1) is 0 Å². The van der Waals surface area contributed by atoms with Crippen LogP contribution in [0.25, 0.3) is 0 Å². The van der Waals surface area contributed by atoms with Gasteiger partial charge in [-0.1, -0.05) is 0 Å². The molecule has 34 valence electrons. The SMILES string of the molecule is O=S(O)O.[TeH2]. The Morgan fingerprint density at radius 2 is 1.40 bits per heavy atom. The molecule has 0 aliphatic carbocycles. The van der Waals surface area contributed by atoms with Gasteiger partial charge in [0.2, 0.25) is 0 Å². The first-order valence-electron chi connectivity index (χ1n) is 0.532. The molecule has 0 aromatic carbocycles. The molecule has 5 heavy (non-hydrogen) atoms. The fraction of sp³-hybridized carbons (Fsp3) is 0. The molecule has 0 saturated heterocycles. The fourth-order valence-electron chi connectivity index (χ4n) is 0. The van der Waals surface area contributed by atoms with E-state index < -0.39 is 11.4 Å². The van der Waals surface area contributed by atoms with Gasteiger partial charge >= 0.3 is 23.7 Å². The van der Waals surface area contributed by atoms with Crippen molar-refractivity contribution in [2.45, 2.75) is 0 Å². The molecule has 0 spiro atoms. The van der Waals surface area contributed by atoms with Crippen LogP contribution < -0.4 is 0 Å². The van der Waals surface area contributed by atoms with Gasteiger partial charge in [-0.05, 0) is 0 Å². The maximum absolute atomic E-state index is 8.67. The maximum atomic E-state index is 8.67. The summed E-state index contributed by atoms with van der Waals surface area (Å²) in [7, 11) is 0. The van der Waals surface area contributed by atoms with Crippen molar-refractivity contribution >= 4 is 35.0 Å². The monoisotopic (exact) mass is 214 g/mol. The van der Waals surface area contributed by atoms with Crippen molar-refractivity contribution in [1.82, 2.24) is 0 Å². The van der Waals surface area contributed by atoms with Gasteiger partial charge in [0.1, 0.15) is 0 Å². The molecule has 0 aromatic rings. The van der Waals surface area contributed by atoms with E-state index in [1.54, 1.807) is 0 Å². The predicted molar refractivity (Wildman–Crippen MR) is 21.9 cm³/mol. The van der Waals surface area contributed by atoms with Crippen molar-refractivity contribution in [3.8, 4) is 0 Å². The zero-order chi connectivity index (χ0) is 3.58. The summed E-state index contributed by atoms with van der Waals surface area (Å²) < 4.78 is 22.8. The first kappa shape index (κ1) is 9.29. The topological polar surface area (TPSA) is 57.5 Å². The van der Waals surface area contributed by atoms with Crippen LogP contribution in [0.2, 0.25) is 0 Å². The van der Waals surface area contributed by atoms with Gasteiger partial charge in [0, 0.05) is 0 Å². The molecule has 0 bridgehead atoms. The molecule has 0 rings (SSSR count). The van der Waals surface area contributed by atoms with E-state index >= 15 is 0 Å². The van der Waals surface area contributed by atoms with E-state index in [1.807, 2.05) is 0 Å². The third-order valence-electron chi connectivity index (χ3n) is 0. The molecule has 3 nitrogen and oxygen atoms in total. The molecule has 0 aliphatic rings. The van der Waals surface area contributed by atoms with Crippen molar-refractivity contribution in [2.75, 3.05) is 0 Å². The molecule has 0 heterocycles. The van der Waals surface area contributed by atoms with E-state index in [0.29, 0.717) is 0 Å². The molecule has 5 heteroatoms. The summed E-state index contributed by atoms with van der Waals surface area (Å²) in [6.07, 6.45) is 0. The summed E-state index contributed by atoms with van der Waals surface area (Å²) >= 11 is -2.61. The number of hydrogen-bond acceptors (Lipinski definition) is 1. The molecule has 0 unspecified atom stereocenters. The minimum atomic E-state index is -2.61. The van der Waals surface area contributed by atoms with Gasteiger partial charge in [0.15, 0.2) is 0 Å². The van der Waals surface area contributed by atoms with Crippen LogP contribution in [-0.2, 0) is 11.4 Å². The molecule has 0 atom stereocenters. The summed E-state index contributed by atoms with van der Waals surface area (Å²) in [6, 6.07) is 0. The third kappa shape index (κ3) is 53.8. The van der Waals surface area contributed by atoms with Crippen LogP contribution in [0.4, 0.5) is 0 Å². The molecule has 0 amide bonds. The van der Waals surface area contributed by atoms with Crippen LogP contribution in [0.3, 0.4) is 0 Å².